The van der Waals surface area contributed by atoms with Crippen molar-refractivity contribution in [2.24, 2.45) is 0 Å². The second-order valence-corrected chi connectivity index (χ2v) is 6.93. The van der Waals surface area contributed by atoms with E-state index in [4.69, 9.17) is 0 Å². The summed E-state index contributed by atoms with van der Waals surface area (Å²) in [5, 5.41) is 18.9. The Morgan fingerprint density at radius 1 is 0.889 bits per heavy atom. The molecule has 0 aliphatic carbocycles. The summed E-state index contributed by atoms with van der Waals surface area (Å²) in [7, 11) is 0. The Labute approximate surface area is 168 Å². The van der Waals surface area contributed by atoms with Gasteiger partial charge in [0.25, 0.3) is 0 Å². The number of benzene rings is 3. The van der Waals surface area contributed by atoms with Crippen molar-refractivity contribution < 1.29 is 12.4 Å². The highest BCUT2D eigenvalue weighted by atomic mass is 35.5. The maximum absolute atomic E-state index is 4.13. The zero-order valence-electron chi connectivity index (χ0n) is 14.6. The van der Waals surface area contributed by atoms with Gasteiger partial charge in [0, 0.05) is 18.8 Å². The van der Waals surface area contributed by atoms with Gasteiger partial charge in [-0.3, -0.25) is 0 Å². The molecule has 0 atom stereocenters. The minimum Gasteiger partial charge on any atom is -1.00 e. The maximum atomic E-state index is 4.13. The summed E-state index contributed by atoms with van der Waals surface area (Å²) in [6.45, 7) is 1.74. The van der Waals surface area contributed by atoms with E-state index < -0.39 is 0 Å². The summed E-state index contributed by atoms with van der Waals surface area (Å²) >= 11 is 1.65. The second-order valence-electron chi connectivity index (χ2n) is 5.87. The molecule has 138 valence electrons. The van der Waals surface area contributed by atoms with Gasteiger partial charge in [0.05, 0.1) is 5.69 Å². The molecule has 0 saturated heterocycles. The summed E-state index contributed by atoms with van der Waals surface area (Å²) in [5.41, 5.74) is 2.30. The van der Waals surface area contributed by atoms with Crippen molar-refractivity contribution in [1.29, 1.82) is 0 Å². The van der Waals surface area contributed by atoms with Crippen LogP contribution in [0.3, 0.4) is 0 Å². The second kappa shape index (κ2) is 9.50. The van der Waals surface area contributed by atoms with Crippen LogP contribution in [0, 0.1) is 0 Å². The van der Waals surface area contributed by atoms with Gasteiger partial charge in [-0.15, -0.1) is 5.10 Å². The number of hydrogen-bond donors (Lipinski definition) is 1. The molecular weight excluding hydrogens is 378 g/mol. The van der Waals surface area contributed by atoms with Gasteiger partial charge in [-0.05, 0) is 38.9 Å². The Kier molecular flexibility index (Phi) is 6.81. The van der Waals surface area contributed by atoms with Crippen molar-refractivity contribution in [3.05, 3.63) is 78.4 Å². The normalized spacial score (nSPS) is 10.7. The third-order valence-electron chi connectivity index (χ3n) is 4.15. The molecule has 4 rings (SSSR count). The molecule has 1 aromatic heterocycles. The number of para-hydroxylation sites is 1. The van der Waals surface area contributed by atoms with Gasteiger partial charge >= 0.3 is 0 Å². The van der Waals surface area contributed by atoms with Crippen molar-refractivity contribution >= 4 is 22.5 Å². The number of hydrogen-bond acceptors (Lipinski definition) is 5. The highest BCUT2D eigenvalue weighted by molar-refractivity contribution is 7.99. The fraction of sp³-hybridized carbons (Fsp3) is 0.150. The third-order valence-corrected chi connectivity index (χ3v) is 5.07. The maximum Gasteiger partial charge on any atom is 0.214 e. The van der Waals surface area contributed by atoms with Crippen molar-refractivity contribution in [3.63, 3.8) is 0 Å². The first-order valence-electron chi connectivity index (χ1n) is 8.56. The molecule has 0 unspecified atom stereocenters. The molecule has 1 N–H and O–H groups in total. The average Bonchev–Trinajstić information content (AvgIpc) is 3.17. The summed E-state index contributed by atoms with van der Waals surface area (Å²) in [5.74, 6) is 0.901. The van der Waals surface area contributed by atoms with Gasteiger partial charge in [0.15, 0.2) is 0 Å². The number of nitrogens with zero attached hydrogens (tertiary/aromatic N) is 4. The lowest BCUT2D eigenvalue weighted by molar-refractivity contribution is -0.00000524. The van der Waals surface area contributed by atoms with Crippen LogP contribution < -0.4 is 17.7 Å². The first-order valence-corrected chi connectivity index (χ1v) is 9.54. The predicted octanol–water partition coefficient (Wildman–Crippen LogP) is 0.701. The summed E-state index contributed by atoms with van der Waals surface area (Å²) in [6.07, 6.45) is 0. The van der Waals surface area contributed by atoms with Gasteiger partial charge in [-0.2, -0.15) is 4.68 Å². The molecule has 7 heteroatoms. The third kappa shape index (κ3) is 4.66. The van der Waals surface area contributed by atoms with Gasteiger partial charge in [-0.25, -0.2) is 0 Å². The highest BCUT2D eigenvalue weighted by Crippen LogP contribution is 2.19. The number of tetrazole rings is 1. The number of aromatic nitrogens is 4. The Hall–Kier alpha value is -2.41. The predicted molar refractivity (Wildman–Crippen MR) is 106 cm³/mol. The fourth-order valence-electron chi connectivity index (χ4n) is 2.88. The molecule has 4 aromatic rings. The monoisotopic (exact) mass is 396 g/mol. The van der Waals surface area contributed by atoms with E-state index in [0.29, 0.717) is 0 Å². The molecule has 1 heterocycles. The van der Waals surface area contributed by atoms with Crippen LogP contribution in [0.25, 0.3) is 16.5 Å². The number of nitrogens with one attached hydrogen (secondary N) is 1. The Bertz CT molecular complexity index is 985. The molecule has 0 fully saturated rings. The number of rotatable bonds is 7. The molecule has 0 aliphatic rings. The molecule has 0 radical (unpaired) electrons. The van der Waals surface area contributed by atoms with E-state index in [1.54, 1.807) is 16.4 Å². The van der Waals surface area contributed by atoms with E-state index in [2.05, 4.69) is 63.3 Å². The molecule has 5 nitrogen and oxygen atoms in total. The molecule has 27 heavy (non-hydrogen) atoms. The van der Waals surface area contributed by atoms with Crippen LogP contribution in [0.2, 0.25) is 0 Å². The van der Waals surface area contributed by atoms with E-state index in [9.17, 15) is 0 Å². The lowest BCUT2D eigenvalue weighted by Gasteiger charge is -2.08. The van der Waals surface area contributed by atoms with Crippen molar-refractivity contribution in [1.82, 2.24) is 25.5 Å². The van der Waals surface area contributed by atoms with E-state index in [1.807, 2.05) is 30.3 Å². The van der Waals surface area contributed by atoms with Crippen LogP contribution in [0.1, 0.15) is 5.56 Å². The number of thioether (sulfide) groups is 1. The topological polar surface area (TPSA) is 55.6 Å². The van der Waals surface area contributed by atoms with Crippen molar-refractivity contribution in [3.8, 4) is 5.69 Å². The summed E-state index contributed by atoms with van der Waals surface area (Å²) < 4.78 is 1.77. The standard InChI is InChI=1S/C20H19N5S.ClH/c1-2-10-18(11-3-1)25-20(22-23-24-25)26-14-13-21-15-17-9-6-8-16-7-4-5-12-19(16)17;/h1-12,21H,13-15H2;1H/p-1. The van der Waals surface area contributed by atoms with Crippen LogP contribution in [0.5, 0.6) is 0 Å². The van der Waals surface area contributed by atoms with E-state index in [0.717, 1.165) is 29.7 Å². The average molecular weight is 397 g/mol. The summed E-state index contributed by atoms with van der Waals surface area (Å²) in [6, 6.07) is 24.9. The quantitative estimate of drug-likeness (QED) is 0.368. The minimum atomic E-state index is 0. The van der Waals surface area contributed by atoms with Gasteiger partial charge in [-0.1, -0.05) is 72.4 Å². The first-order chi connectivity index (χ1) is 12.9. The zero-order valence-corrected chi connectivity index (χ0v) is 16.2. The van der Waals surface area contributed by atoms with Crippen LogP contribution in [0.4, 0.5) is 0 Å². The Morgan fingerprint density at radius 2 is 1.67 bits per heavy atom. The van der Waals surface area contributed by atoms with E-state index >= 15 is 0 Å². The van der Waals surface area contributed by atoms with Crippen LogP contribution in [-0.4, -0.2) is 32.5 Å². The molecule has 3 aromatic carbocycles. The minimum absolute atomic E-state index is 0. The van der Waals surface area contributed by atoms with Gasteiger partial charge in [0.1, 0.15) is 0 Å². The number of halogens is 1. The lowest BCUT2D eigenvalue weighted by atomic mass is 10.0. The molecule has 0 saturated carbocycles. The smallest absolute Gasteiger partial charge is 0.214 e. The first kappa shape index (κ1) is 19.4. The summed E-state index contributed by atoms with van der Waals surface area (Å²) in [4.78, 5) is 0. The lowest BCUT2D eigenvalue weighted by Crippen LogP contribution is -3.00. The molecule has 0 spiro atoms. The van der Waals surface area contributed by atoms with Gasteiger partial charge in [0.2, 0.25) is 5.16 Å². The van der Waals surface area contributed by atoms with Gasteiger partial charge < -0.3 is 17.7 Å². The highest BCUT2D eigenvalue weighted by Gasteiger charge is 2.08. The van der Waals surface area contributed by atoms with Crippen LogP contribution in [-0.2, 0) is 6.54 Å². The molecule has 0 bridgehead atoms. The van der Waals surface area contributed by atoms with Crippen molar-refractivity contribution in [2.45, 2.75) is 11.7 Å². The van der Waals surface area contributed by atoms with Crippen molar-refractivity contribution in [2.75, 3.05) is 12.3 Å². The fourth-order valence-corrected chi connectivity index (χ4v) is 3.67. The molecule has 0 amide bonds. The van der Waals surface area contributed by atoms with Crippen LogP contribution >= 0.6 is 11.8 Å². The Morgan fingerprint density at radius 3 is 2.56 bits per heavy atom. The SMILES string of the molecule is [Cl-].c1ccc(-n2nnnc2SCCNCc2cccc3ccccc23)cc1. The van der Waals surface area contributed by atoms with E-state index in [1.165, 1.54) is 16.3 Å². The molecular formula is C20H19ClN5S-. The zero-order chi connectivity index (χ0) is 17.6. The Balaban J connectivity index is 0.00000210. The van der Waals surface area contributed by atoms with Crippen LogP contribution in [0.15, 0.2) is 78.0 Å². The largest absolute Gasteiger partial charge is 1.00 e. The van der Waals surface area contributed by atoms with E-state index in [-0.39, 0.29) is 12.4 Å². The molecule has 0 aliphatic heterocycles. The number of fused-ring (bicyclic) bond motifs is 1.